The van der Waals surface area contributed by atoms with Gasteiger partial charge in [0.25, 0.3) is 0 Å². The predicted octanol–water partition coefficient (Wildman–Crippen LogP) is 2.13. The van der Waals surface area contributed by atoms with Gasteiger partial charge in [0.2, 0.25) is 11.5 Å². The maximum atomic E-state index is 12.9. The van der Waals surface area contributed by atoms with Crippen molar-refractivity contribution in [2.24, 2.45) is 22.6 Å². The number of carbonyl (C=O) groups excluding carboxylic acids is 1. The highest BCUT2D eigenvalue weighted by Gasteiger charge is 2.53. The van der Waals surface area contributed by atoms with E-state index < -0.39 is 5.54 Å². The Morgan fingerprint density at radius 1 is 1.32 bits per heavy atom. The number of nitrogens with two attached hydrogens (primary N) is 1. The number of hydrogen-bond acceptors (Lipinski definition) is 5. The van der Waals surface area contributed by atoms with Crippen LogP contribution in [-0.2, 0) is 10.3 Å². The van der Waals surface area contributed by atoms with E-state index in [0.29, 0.717) is 5.92 Å². The number of guanidine groups is 1. The lowest BCUT2D eigenvalue weighted by Crippen LogP contribution is -2.54. The minimum absolute atomic E-state index is 0.0523. The van der Waals surface area contributed by atoms with Crippen LogP contribution in [0, 0.1) is 11.8 Å². The van der Waals surface area contributed by atoms with Gasteiger partial charge in [-0.15, -0.1) is 11.3 Å². The molecule has 3 N–H and O–H groups in total. The lowest BCUT2D eigenvalue weighted by atomic mass is 9.79. The molecule has 0 bridgehead atoms. The number of aromatic nitrogens is 1. The molecule has 0 aromatic carbocycles. The number of H-pyrrole nitrogens is 1. The van der Waals surface area contributed by atoms with Crippen molar-refractivity contribution in [3.63, 3.8) is 0 Å². The van der Waals surface area contributed by atoms with E-state index in [1.807, 2.05) is 12.3 Å². The molecule has 2 aromatic heterocycles. The first-order chi connectivity index (χ1) is 11.9. The monoisotopic (exact) mass is 356 g/mol. The minimum atomic E-state index is -0.639. The van der Waals surface area contributed by atoms with Crippen molar-refractivity contribution in [2.75, 3.05) is 7.05 Å². The molecule has 7 heteroatoms. The summed E-state index contributed by atoms with van der Waals surface area (Å²) in [5.41, 5.74) is 7.20. The van der Waals surface area contributed by atoms with Gasteiger partial charge in [-0.25, -0.2) is 4.99 Å². The Morgan fingerprint density at radius 3 is 2.72 bits per heavy atom. The van der Waals surface area contributed by atoms with Crippen molar-refractivity contribution in [3.05, 3.63) is 45.0 Å². The summed E-state index contributed by atoms with van der Waals surface area (Å²) in [5, 5.41) is 2.03. The van der Waals surface area contributed by atoms with Crippen molar-refractivity contribution in [1.82, 2.24) is 9.88 Å². The summed E-state index contributed by atoms with van der Waals surface area (Å²) in [6, 6.07) is 5.36. The summed E-state index contributed by atoms with van der Waals surface area (Å²) >= 11 is 1.58. The molecule has 4 rings (SSSR count). The third-order valence-corrected chi connectivity index (χ3v) is 6.36. The van der Waals surface area contributed by atoms with Gasteiger partial charge in [-0.3, -0.25) is 14.5 Å². The van der Waals surface area contributed by atoms with Gasteiger partial charge in [0.1, 0.15) is 5.54 Å². The van der Waals surface area contributed by atoms with E-state index in [2.05, 4.69) is 11.1 Å². The first-order valence-electron chi connectivity index (χ1n) is 8.31. The number of nitrogens with one attached hydrogen (secondary N) is 1. The van der Waals surface area contributed by atoms with E-state index in [4.69, 9.17) is 10.7 Å². The van der Waals surface area contributed by atoms with Crippen LogP contribution < -0.4 is 11.3 Å². The van der Waals surface area contributed by atoms with Crippen LogP contribution in [0.25, 0.3) is 11.1 Å². The van der Waals surface area contributed by atoms with Crippen molar-refractivity contribution < 1.29 is 4.79 Å². The summed E-state index contributed by atoms with van der Waals surface area (Å²) in [6.07, 6.45) is 3.83. The smallest absolute Gasteiger partial charge is 0.247 e. The van der Waals surface area contributed by atoms with Crippen LogP contribution in [-0.4, -0.2) is 28.8 Å². The Morgan fingerprint density at radius 2 is 2.08 bits per heavy atom. The number of hydrogen-bond donors (Lipinski definition) is 2. The van der Waals surface area contributed by atoms with Gasteiger partial charge in [0.15, 0.2) is 5.96 Å². The van der Waals surface area contributed by atoms with Gasteiger partial charge in [-0.1, -0.05) is 0 Å². The molecule has 25 heavy (non-hydrogen) atoms. The second kappa shape index (κ2) is 5.56. The molecule has 2 aromatic rings. The fraction of sp³-hybridized carbons (Fsp3) is 0.389. The van der Waals surface area contributed by atoms with E-state index in [-0.39, 0.29) is 23.3 Å². The van der Waals surface area contributed by atoms with E-state index in [9.17, 15) is 9.59 Å². The Kier molecular flexibility index (Phi) is 3.57. The van der Waals surface area contributed by atoms with Crippen LogP contribution in [0.5, 0.6) is 0 Å². The van der Waals surface area contributed by atoms with Gasteiger partial charge >= 0.3 is 0 Å². The summed E-state index contributed by atoms with van der Waals surface area (Å²) in [5.74, 6) is 0.516. The van der Waals surface area contributed by atoms with Crippen LogP contribution in [0.15, 0.2) is 39.6 Å². The minimum Gasteiger partial charge on any atom is -0.369 e. The number of carbonyl (C=O) groups is 1. The van der Waals surface area contributed by atoms with E-state index in [1.165, 1.54) is 11.0 Å². The normalized spacial score (nSPS) is 26.6. The lowest BCUT2D eigenvalue weighted by molar-refractivity contribution is -0.134. The second-order valence-corrected chi connectivity index (χ2v) is 7.88. The second-order valence-electron chi connectivity index (χ2n) is 6.97. The molecule has 0 saturated heterocycles. The number of aromatic amines is 1. The summed E-state index contributed by atoms with van der Waals surface area (Å²) in [6.45, 7) is 2.01. The zero-order valence-corrected chi connectivity index (χ0v) is 15.0. The van der Waals surface area contributed by atoms with Gasteiger partial charge in [0, 0.05) is 24.2 Å². The van der Waals surface area contributed by atoms with Crippen molar-refractivity contribution >= 4 is 23.2 Å². The predicted molar refractivity (Wildman–Crippen MR) is 98.3 cm³/mol. The molecule has 1 amide bonds. The fourth-order valence-electron chi connectivity index (χ4n) is 3.59. The van der Waals surface area contributed by atoms with Gasteiger partial charge in [0.05, 0.1) is 5.92 Å². The zero-order valence-electron chi connectivity index (χ0n) is 14.2. The number of aliphatic imine (C=N–C) groups is 1. The first-order valence-corrected chi connectivity index (χ1v) is 9.19. The van der Waals surface area contributed by atoms with Crippen LogP contribution in [0.2, 0.25) is 0 Å². The SMILES string of the molecule is CN1C(=O)[C@@H](C2CC2)[C@@](C)(c2cc(-c3ccc(=O)[nH]c3)cs2)N=C1N. The maximum Gasteiger partial charge on any atom is 0.247 e. The van der Waals surface area contributed by atoms with E-state index in [0.717, 1.165) is 28.8 Å². The molecule has 1 aliphatic carbocycles. The summed E-state index contributed by atoms with van der Waals surface area (Å²) < 4.78 is 0. The third kappa shape index (κ3) is 2.59. The molecule has 2 aliphatic rings. The van der Waals surface area contributed by atoms with E-state index >= 15 is 0 Å². The molecular formula is C18H20N4O2S. The van der Waals surface area contributed by atoms with E-state index in [1.54, 1.807) is 30.6 Å². The van der Waals surface area contributed by atoms with Gasteiger partial charge in [-0.2, -0.15) is 0 Å². The average molecular weight is 356 g/mol. The van der Waals surface area contributed by atoms with Gasteiger partial charge < -0.3 is 10.7 Å². The maximum absolute atomic E-state index is 12.9. The quantitative estimate of drug-likeness (QED) is 0.882. The highest BCUT2D eigenvalue weighted by atomic mass is 32.1. The first kappa shape index (κ1) is 16.1. The Hall–Kier alpha value is -2.41. The summed E-state index contributed by atoms with van der Waals surface area (Å²) in [4.78, 5) is 34.0. The highest BCUT2D eigenvalue weighted by molar-refractivity contribution is 7.10. The van der Waals surface area contributed by atoms with Crippen LogP contribution in [0.3, 0.4) is 0 Å². The van der Waals surface area contributed by atoms with Crippen molar-refractivity contribution in [2.45, 2.75) is 25.3 Å². The number of rotatable bonds is 3. The molecule has 2 atom stereocenters. The topological polar surface area (TPSA) is 91.5 Å². The standard InChI is InChI=1S/C18H20N4O2S/c1-18(15(10-3-4-10)16(24)22(2)17(19)21-18)13-7-12(9-25-13)11-5-6-14(23)20-8-11/h5-10,15H,3-4H2,1-2H3,(H2,19,21)(H,20,23)/t15-,18-/m1/s1. The Labute approximate surface area is 149 Å². The van der Waals surface area contributed by atoms with Crippen LogP contribution >= 0.6 is 11.3 Å². The number of pyridine rings is 1. The van der Waals surface area contributed by atoms with Crippen LogP contribution in [0.4, 0.5) is 0 Å². The molecule has 1 saturated carbocycles. The number of thiophene rings is 1. The average Bonchev–Trinajstić information content (AvgIpc) is 3.27. The van der Waals surface area contributed by atoms with Crippen molar-refractivity contribution in [3.8, 4) is 11.1 Å². The Balaban J connectivity index is 1.78. The zero-order chi connectivity index (χ0) is 17.8. The highest BCUT2D eigenvalue weighted by Crippen LogP contribution is 2.51. The Bertz CT molecular complexity index is 907. The molecule has 0 unspecified atom stereocenters. The summed E-state index contributed by atoms with van der Waals surface area (Å²) in [7, 11) is 1.69. The number of amides is 1. The fourth-order valence-corrected chi connectivity index (χ4v) is 4.65. The van der Waals surface area contributed by atoms with Crippen molar-refractivity contribution in [1.29, 1.82) is 0 Å². The van der Waals surface area contributed by atoms with Crippen LogP contribution in [0.1, 0.15) is 24.6 Å². The molecule has 1 aliphatic heterocycles. The third-order valence-electron chi connectivity index (χ3n) is 5.20. The molecule has 6 nitrogen and oxygen atoms in total. The lowest BCUT2D eigenvalue weighted by Gasteiger charge is -2.40. The molecule has 1 fully saturated rings. The van der Waals surface area contributed by atoms with Gasteiger partial charge in [-0.05, 0) is 54.3 Å². The molecular weight excluding hydrogens is 336 g/mol. The molecule has 0 radical (unpaired) electrons. The molecule has 0 spiro atoms. The number of nitrogens with zero attached hydrogens (tertiary/aromatic N) is 2. The molecule has 3 heterocycles. The molecule has 130 valence electrons. The largest absolute Gasteiger partial charge is 0.369 e.